The number of nitrogens with one attached hydrogen (secondary N) is 1. The number of aromatic nitrogens is 4. The van der Waals surface area contributed by atoms with E-state index < -0.39 is 9.84 Å². The van der Waals surface area contributed by atoms with Gasteiger partial charge in [-0.3, -0.25) is 4.79 Å². The molecule has 1 saturated heterocycles. The summed E-state index contributed by atoms with van der Waals surface area (Å²) >= 11 is 0. The monoisotopic (exact) mass is 321 g/mol. The topological polar surface area (TPSA) is 107 Å². The molecule has 1 N–H and O–H groups in total. The maximum Gasteiger partial charge on any atom is 0.251 e. The Balaban J connectivity index is 1.70. The fourth-order valence-electron chi connectivity index (χ4n) is 2.40. The van der Waals surface area contributed by atoms with Gasteiger partial charge < -0.3 is 5.32 Å². The van der Waals surface area contributed by atoms with Gasteiger partial charge in [0.1, 0.15) is 0 Å². The predicted octanol–water partition coefficient (Wildman–Crippen LogP) is -0.112. The summed E-state index contributed by atoms with van der Waals surface area (Å²) in [7, 11) is -3.00. The molecule has 1 aliphatic rings. The van der Waals surface area contributed by atoms with Crippen molar-refractivity contribution in [1.29, 1.82) is 0 Å². The fraction of sp³-hybridized carbons (Fsp3) is 0.385. The maximum absolute atomic E-state index is 12.1. The van der Waals surface area contributed by atoms with Crippen LogP contribution in [-0.4, -0.2) is 52.1 Å². The Morgan fingerprint density at radius 3 is 2.59 bits per heavy atom. The average Bonchev–Trinajstić information content (AvgIpc) is 3.04. The lowest BCUT2D eigenvalue weighted by molar-refractivity contribution is 0.0941. The van der Waals surface area contributed by atoms with Crippen LogP contribution in [0.5, 0.6) is 0 Å². The molecule has 1 atom stereocenters. The van der Waals surface area contributed by atoms with E-state index in [1.165, 1.54) is 0 Å². The smallest absolute Gasteiger partial charge is 0.251 e. The molecule has 0 aliphatic carbocycles. The fourth-order valence-corrected chi connectivity index (χ4v) is 4.08. The van der Waals surface area contributed by atoms with Crippen molar-refractivity contribution in [2.45, 2.75) is 19.4 Å². The van der Waals surface area contributed by atoms with E-state index in [4.69, 9.17) is 0 Å². The number of benzene rings is 1. The van der Waals surface area contributed by atoms with E-state index in [-0.39, 0.29) is 23.5 Å². The molecule has 1 aliphatic heterocycles. The van der Waals surface area contributed by atoms with E-state index in [1.54, 1.807) is 35.9 Å². The van der Waals surface area contributed by atoms with Crippen molar-refractivity contribution in [2.24, 2.45) is 0 Å². The summed E-state index contributed by atoms with van der Waals surface area (Å²) in [6.07, 6.45) is 0.468. The van der Waals surface area contributed by atoms with Crippen LogP contribution in [0.2, 0.25) is 0 Å². The SMILES string of the molecule is Cc1nnnn1-c1ccc(C(=O)NC2CCS(=O)(=O)C2)cc1. The van der Waals surface area contributed by atoms with Crippen LogP contribution in [-0.2, 0) is 9.84 Å². The zero-order valence-electron chi connectivity index (χ0n) is 11.9. The Kier molecular flexibility index (Phi) is 3.65. The minimum Gasteiger partial charge on any atom is -0.348 e. The summed E-state index contributed by atoms with van der Waals surface area (Å²) in [5, 5.41) is 14.0. The lowest BCUT2D eigenvalue weighted by Gasteiger charge is -2.11. The Morgan fingerprint density at radius 2 is 2.05 bits per heavy atom. The summed E-state index contributed by atoms with van der Waals surface area (Å²) < 4.78 is 24.3. The van der Waals surface area contributed by atoms with Crippen LogP contribution < -0.4 is 5.32 Å². The van der Waals surface area contributed by atoms with Crippen molar-refractivity contribution in [3.63, 3.8) is 0 Å². The Labute approximate surface area is 127 Å². The first-order chi connectivity index (χ1) is 10.4. The van der Waals surface area contributed by atoms with E-state index >= 15 is 0 Å². The van der Waals surface area contributed by atoms with Gasteiger partial charge in [-0.1, -0.05) is 0 Å². The van der Waals surface area contributed by atoms with Crippen LogP contribution in [0.15, 0.2) is 24.3 Å². The summed E-state index contributed by atoms with van der Waals surface area (Å²) in [6, 6.07) is 6.50. The number of amides is 1. The zero-order valence-corrected chi connectivity index (χ0v) is 12.7. The Morgan fingerprint density at radius 1 is 1.32 bits per heavy atom. The zero-order chi connectivity index (χ0) is 15.7. The summed E-state index contributed by atoms with van der Waals surface area (Å²) in [6.45, 7) is 1.78. The molecular formula is C13H15N5O3S. The van der Waals surface area contributed by atoms with Crippen LogP contribution in [0.25, 0.3) is 5.69 Å². The van der Waals surface area contributed by atoms with E-state index in [9.17, 15) is 13.2 Å². The van der Waals surface area contributed by atoms with Gasteiger partial charge >= 0.3 is 0 Å². The highest BCUT2D eigenvalue weighted by Crippen LogP contribution is 2.13. The highest BCUT2D eigenvalue weighted by molar-refractivity contribution is 7.91. The first-order valence-corrected chi connectivity index (χ1v) is 8.63. The number of hydrogen-bond donors (Lipinski definition) is 1. The molecule has 2 aromatic rings. The third-order valence-electron chi connectivity index (χ3n) is 3.57. The second kappa shape index (κ2) is 5.48. The maximum atomic E-state index is 12.1. The molecule has 1 amide bonds. The molecule has 8 nitrogen and oxygen atoms in total. The molecule has 2 heterocycles. The molecular weight excluding hydrogens is 306 g/mol. The summed E-state index contributed by atoms with van der Waals surface area (Å²) in [4.78, 5) is 12.1. The lowest BCUT2D eigenvalue weighted by Crippen LogP contribution is -2.35. The molecule has 3 rings (SSSR count). The third-order valence-corrected chi connectivity index (χ3v) is 5.34. The van der Waals surface area contributed by atoms with Gasteiger partial charge in [0, 0.05) is 11.6 Å². The minimum atomic E-state index is -3.00. The van der Waals surface area contributed by atoms with Gasteiger partial charge in [0.2, 0.25) is 0 Å². The highest BCUT2D eigenvalue weighted by atomic mass is 32.2. The molecule has 1 unspecified atom stereocenters. The second-order valence-electron chi connectivity index (χ2n) is 5.26. The molecule has 0 radical (unpaired) electrons. The van der Waals surface area contributed by atoms with Gasteiger partial charge in [-0.05, 0) is 48.0 Å². The standard InChI is InChI=1S/C13H15N5O3S/c1-9-15-16-17-18(9)12-4-2-10(3-5-12)13(19)14-11-6-7-22(20,21)8-11/h2-5,11H,6-8H2,1H3,(H,14,19). The molecule has 1 aromatic heterocycles. The number of hydrogen-bond acceptors (Lipinski definition) is 6. The molecule has 0 saturated carbocycles. The molecule has 116 valence electrons. The largest absolute Gasteiger partial charge is 0.348 e. The molecule has 9 heteroatoms. The Hall–Kier alpha value is -2.29. The number of carbonyl (C=O) groups is 1. The molecule has 1 fully saturated rings. The van der Waals surface area contributed by atoms with Crippen molar-refractivity contribution in [2.75, 3.05) is 11.5 Å². The van der Waals surface area contributed by atoms with Crippen LogP contribution in [0.3, 0.4) is 0 Å². The Bertz CT molecular complexity index is 797. The lowest BCUT2D eigenvalue weighted by atomic mass is 10.1. The second-order valence-corrected chi connectivity index (χ2v) is 7.49. The van der Waals surface area contributed by atoms with Crippen molar-refractivity contribution in [3.05, 3.63) is 35.7 Å². The molecule has 0 spiro atoms. The average molecular weight is 321 g/mol. The first-order valence-electron chi connectivity index (χ1n) is 6.81. The number of carbonyl (C=O) groups excluding carboxylic acids is 1. The molecule has 0 bridgehead atoms. The normalized spacial score (nSPS) is 20.0. The van der Waals surface area contributed by atoms with E-state index in [0.717, 1.165) is 5.69 Å². The predicted molar refractivity (Wildman–Crippen MR) is 78.4 cm³/mol. The van der Waals surface area contributed by atoms with Gasteiger partial charge in [-0.25, -0.2) is 8.42 Å². The number of rotatable bonds is 3. The van der Waals surface area contributed by atoms with Crippen molar-refractivity contribution in [1.82, 2.24) is 25.5 Å². The number of nitrogens with zero attached hydrogens (tertiary/aromatic N) is 4. The van der Waals surface area contributed by atoms with Crippen LogP contribution >= 0.6 is 0 Å². The van der Waals surface area contributed by atoms with Crippen molar-refractivity contribution >= 4 is 15.7 Å². The van der Waals surface area contributed by atoms with E-state index in [1.807, 2.05) is 0 Å². The molecule has 22 heavy (non-hydrogen) atoms. The van der Waals surface area contributed by atoms with Crippen LogP contribution in [0.1, 0.15) is 22.6 Å². The van der Waals surface area contributed by atoms with Gasteiger partial charge in [-0.15, -0.1) is 5.10 Å². The summed E-state index contributed by atoms with van der Waals surface area (Å²) in [5.74, 6) is 0.520. The first kappa shape index (κ1) is 14.6. The quantitative estimate of drug-likeness (QED) is 0.845. The number of sulfone groups is 1. The highest BCUT2D eigenvalue weighted by Gasteiger charge is 2.29. The van der Waals surface area contributed by atoms with Crippen LogP contribution in [0, 0.1) is 6.92 Å². The summed E-state index contributed by atoms with van der Waals surface area (Å²) in [5.41, 5.74) is 1.22. The van der Waals surface area contributed by atoms with Gasteiger partial charge in [0.15, 0.2) is 15.7 Å². The minimum absolute atomic E-state index is 0.0145. The van der Waals surface area contributed by atoms with Crippen molar-refractivity contribution < 1.29 is 13.2 Å². The van der Waals surface area contributed by atoms with Crippen molar-refractivity contribution in [3.8, 4) is 5.69 Å². The van der Waals surface area contributed by atoms with Gasteiger partial charge in [0.25, 0.3) is 5.91 Å². The van der Waals surface area contributed by atoms with E-state index in [2.05, 4.69) is 20.8 Å². The third kappa shape index (κ3) is 2.98. The number of aryl methyl sites for hydroxylation is 1. The van der Waals surface area contributed by atoms with Gasteiger partial charge in [-0.2, -0.15) is 4.68 Å². The number of tetrazole rings is 1. The van der Waals surface area contributed by atoms with E-state index in [0.29, 0.717) is 17.8 Å². The van der Waals surface area contributed by atoms with Gasteiger partial charge in [0.05, 0.1) is 17.2 Å². The molecule has 1 aromatic carbocycles. The van der Waals surface area contributed by atoms with Crippen LogP contribution in [0.4, 0.5) is 0 Å².